The van der Waals surface area contributed by atoms with Crippen molar-refractivity contribution in [3.05, 3.63) is 87.2 Å². The van der Waals surface area contributed by atoms with E-state index in [0.29, 0.717) is 22.0 Å². The molecule has 0 radical (unpaired) electrons. The van der Waals surface area contributed by atoms with Crippen LogP contribution in [-0.2, 0) is 22.6 Å². The standard InChI is InChI=1S/C27H23BrN2O6/c1-14-9-17-10-16(3-4-20(17)36-14)24(31)22-23(18-11-19(28)25(32)21(12-18)35-2)30(27(34)26(22)33)13-15-5-7-29-8-6-15/h3-8,10-12,14,23,31-32H,9,13H2,1-2H3/t14-,23-/m0/s1. The lowest BCUT2D eigenvalue weighted by molar-refractivity contribution is -0.140. The number of Topliss-reactive ketones (excluding diaryl/α,β-unsaturated/α-hetero) is 1. The summed E-state index contributed by atoms with van der Waals surface area (Å²) in [6, 6.07) is 11.0. The summed E-state index contributed by atoms with van der Waals surface area (Å²) in [7, 11) is 1.41. The Kier molecular flexibility index (Phi) is 6.17. The van der Waals surface area contributed by atoms with Crippen LogP contribution in [0.4, 0.5) is 0 Å². The molecule has 2 N–H and O–H groups in total. The minimum Gasteiger partial charge on any atom is -0.507 e. The number of carbonyl (C=O) groups excluding carboxylic acids is 2. The molecule has 3 heterocycles. The summed E-state index contributed by atoms with van der Waals surface area (Å²) in [4.78, 5) is 32.1. The van der Waals surface area contributed by atoms with Crippen molar-refractivity contribution in [3.8, 4) is 17.2 Å². The quantitative estimate of drug-likeness (QED) is 0.273. The van der Waals surface area contributed by atoms with Crippen LogP contribution in [0.15, 0.2) is 64.9 Å². The van der Waals surface area contributed by atoms with Gasteiger partial charge in [-0.3, -0.25) is 14.6 Å². The number of aromatic hydroxyl groups is 1. The number of aliphatic hydroxyl groups is 1. The number of hydrogen-bond donors (Lipinski definition) is 2. The molecule has 1 amide bonds. The number of benzene rings is 2. The molecular formula is C27H23BrN2O6. The maximum Gasteiger partial charge on any atom is 0.295 e. The van der Waals surface area contributed by atoms with Crippen LogP contribution in [0.1, 0.15) is 35.2 Å². The average molecular weight is 551 g/mol. The van der Waals surface area contributed by atoms with Crippen LogP contribution < -0.4 is 9.47 Å². The first-order valence-electron chi connectivity index (χ1n) is 11.3. The number of halogens is 1. The van der Waals surface area contributed by atoms with Crippen molar-refractivity contribution in [1.29, 1.82) is 0 Å². The molecule has 2 aliphatic rings. The highest BCUT2D eigenvalue weighted by Gasteiger charge is 2.46. The molecule has 184 valence electrons. The van der Waals surface area contributed by atoms with Gasteiger partial charge in [0.1, 0.15) is 17.6 Å². The lowest BCUT2D eigenvalue weighted by Crippen LogP contribution is -2.29. The highest BCUT2D eigenvalue weighted by Crippen LogP contribution is 2.45. The maximum absolute atomic E-state index is 13.4. The van der Waals surface area contributed by atoms with E-state index in [1.807, 2.05) is 6.92 Å². The number of methoxy groups -OCH3 is 1. The largest absolute Gasteiger partial charge is 0.507 e. The fraction of sp³-hybridized carbons (Fsp3) is 0.222. The maximum atomic E-state index is 13.4. The molecule has 0 aliphatic carbocycles. The van der Waals surface area contributed by atoms with Gasteiger partial charge in [-0.05, 0) is 82.0 Å². The van der Waals surface area contributed by atoms with Crippen LogP contribution in [0.25, 0.3) is 5.76 Å². The number of likely N-dealkylation sites (tertiary alicyclic amines) is 1. The summed E-state index contributed by atoms with van der Waals surface area (Å²) in [5, 5.41) is 21.7. The highest BCUT2D eigenvalue weighted by molar-refractivity contribution is 9.10. The second-order valence-electron chi connectivity index (χ2n) is 8.79. The summed E-state index contributed by atoms with van der Waals surface area (Å²) in [5.74, 6) is -1.01. The molecule has 2 atom stereocenters. The van der Waals surface area contributed by atoms with Crippen LogP contribution >= 0.6 is 15.9 Å². The molecule has 1 saturated heterocycles. The van der Waals surface area contributed by atoms with Gasteiger partial charge in [0.15, 0.2) is 11.5 Å². The Balaban J connectivity index is 1.68. The number of rotatable bonds is 5. The molecular weight excluding hydrogens is 528 g/mol. The molecule has 8 nitrogen and oxygen atoms in total. The van der Waals surface area contributed by atoms with Gasteiger partial charge < -0.3 is 24.6 Å². The van der Waals surface area contributed by atoms with Gasteiger partial charge in [0.2, 0.25) is 0 Å². The van der Waals surface area contributed by atoms with Gasteiger partial charge in [0.05, 0.1) is 23.2 Å². The fourth-order valence-corrected chi connectivity index (χ4v) is 5.17. The molecule has 36 heavy (non-hydrogen) atoms. The number of aromatic nitrogens is 1. The van der Waals surface area contributed by atoms with E-state index >= 15 is 0 Å². The van der Waals surface area contributed by atoms with Crippen LogP contribution in [-0.4, -0.2) is 45.0 Å². The van der Waals surface area contributed by atoms with E-state index in [1.165, 1.54) is 12.0 Å². The topological polar surface area (TPSA) is 109 Å². The predicted molar refractivity (Wildman–Crippen MR) is 135 cm³/mol. The first kappa shape index (κ1) is 23.9. The number of aliphatic hydroxyl groups excluding tert-OH is 1. The Bertz CT molecular complexity index is 1400. The van der Waals surface area contributed by atoms with Gasteiger partial charge >= 0.3 is 0 Å². The first-order chi connectivity index (χ1) is 17.3. The molecule has 2 aromatic carbocycles. The van der Waals surface area contributed by atoms with Crippen LogP contribution in [0, 0.1) is 0 Å². The Hall–Kier alpha value is -3.85. The minimum atomic E-state index is -0.924. The molecule has 0 saturated carbocycles. The molecule has 5 rings (SSSR count). The summed E-state index contributed by atoms with van der Waals surface area (Å²) < 4.78 is 11.4. The summed E-state index contributed by atoms with van der Waals surface area (Å²) in [6.07, 6.45) is 3.91. The smallest absolute Gasteiger partial charge is 0.295 e. The van der Waals surface area contributed by atoms with Gasteiger partial charge in [0, 0.05) is 30.9 Å². The Morgan fingerprint density at radius 1 is 1.19 bits per heavy atom. The van der Waals surface area contributed by atoms with Gasteiger partial charge in [-0.15, -0.1) is 0 Å². The van der Waals surface area contributed by atoms with E-state index < -0.39 is 17.7 Å². The second kappa shape index (κ2) is 9.31. The third kappa shape index (κ3) is 4.09. The third-order valence-corrected chi connectivity index (χ3v) is 7.00. The lowest BCUT2D eigenvalue weighted by Gasteiger charge is -2.26. The van der Waals surface area contributed by atoms with Gasteiger partial charge in [0.25, 0.3) is 11.7 Å². The average Bonchev–Trinajstić information content (AvgIpc) is 3.37. The molecule has 2 aliphatic heterocycles. The molecule has 1 fully saturated rings. The normalized spacial score (nSPS) is 20.4. The van der Waals surface area contributed by atoms with E-state index in [9.17, 15) is 19.8 Å². The number of amides is 1. The van der Waals surface area contributed by atoms with Crippen molar-refractivity contribution in [3.63, 3.8) is 0 Å². The zero-order valence-electron chi connectivity index (χ0n) is 19.6. The predicted octanol–water partition coefficient (Wildman–Crippen LogP) is 4.50. The number of hydrogen-bond acceptors (Lipinski definition) is 7. The van der Waals surface area contributed by atoms with Crippen molar-refractivity contribution >= 4 is 33.4 Å². The number of fused-ring (bicyclic) bond motifs is 1. The number of carbonyl (C=O) groups is 2. The van der Waals surface area contributed by atoms with Crippen molar-refractivity contribution in [2.75, 3.05) is 7.11 Å². The van der Waals surface area contributed by atoms with E-state index in [-0.39, 0.29) is 35.5 Å². The third-order valence-electron chi connectivity index (χ3n) is 6.40. The van der Waals surface area contributed by atoms with E-state index in [2.05, 4.69) is 20.9 Å². The number of phenols is 1. The molecule has 3 aromatic rings. The fourth-order valence-electron chi connectivity index (χ4n) is 4.71. The number of nitrogens with zero attached hydrogens (tertiary/aromatic N) is 2. The number of ether oxygens (including phenoxy) is 2. The number of ketones is 1. The second-order valence-corrected chi connectivity index (χ2v) is 9.65. The molecule has 1 aromatic heterocycles. The Morgan fingerprint density at radius 3 is 2.67 bits per heavy atom. The summed E-state index contributed by atoms with van der Waals surface area (Å²) in [5.41, 5.74) is 2.56. The van der Waals surface area contributed by atoms with E-state index in [0.717, 1.165) is 16.9 Å². The van der Waals surface area contributed by atoms with Crippen molar-refractivity contribution in [1.82, 2.24) is 9.88 Å². The number of pyridine rings is 1. The zero-order valence-corrected chi connectivity index (χ0v) is 21.2. The Labute approximate surface area is 215 Å². The van der Waals surface area contributed by atoms with Crippen LogP contribution in [0.3, 0.4) is 0 Å². The Morgan fingerprint density at radius 2 is 1.94 bits per heavy atom. The SMILES string of the molecule is COc1cc([C@H]2C(=C(O)c3ccc4c(c3)C[C@H](C)O4)C(=O)C(=O)N2Cc2ccncc2)cc(Br)c1O. The first-order valence-corrected chi connectivity index (χ1v) is 12.1. The van der Waals surface area contributed by atoms with Crippen molar-refractivity contribution in [2.24, 2.45) is 0 Å². The zero-order chi connectivity index (χ0) is 25.6. The van der Waals surface area contributed by atoms with Gasteiger partial charge in [-0.25, -0.2) is 0 Å². The number of phenolic OH excluding ortho intramolecular Hbond substituents is 1. The van der Waals surface area contributed by atoms with Gasteiger partial charge in [-0.2, -0.15) is 0 Å². The van der Waals surface area contributed by atoms with Crippen molar-refractivity contribution < 1.29 is 29.3 Å². The monoisotopic (exact) mass is 550 g/mol. The highest BCUT2D eigenvalue weighted by atomic mass is 79.9. The molecule has 0 bridgehead atoms. The van der Waals surface area contributed by atoms with Crippen molar-refractivity contribution in [2.45, 2.75) is 32.0 Å². The lowest BCUT2D eigenvalue weighted by atomic mass is 9.94. The van der Waals surface area contributed by atoms with Crippen LogP contribution in [0.5, 0.6) is 17.2 Å². The molecule has 0 unspecified atom stereocenters. The molecule has 0 spiro atoms. The van der Waals surface area contributed by atoms with E-state index in [1.54, 1.807) is 54.9 Å². The van der Waals surface area contributed by atoms with Gasteiger partial charge in [-0.1, -0.05) is 0 Å². The van der Waals surface area contributed by atoms with E-state index in [4.69, 9.17) is 9.47 Å². The van der Waals surface area contributed by atoms with Crippen LogP contribution in [0.2, 0.25) is 0 Å². The molecule has 9 heteroatoms. The summed E-state index contributed by atoms with van der Waals surface area (Å²) >= 11 is 3.32. The summed E-state index contributed by atoms with van der Waals surface area (Å²) in [6.45, 7) is 2.07. The minimum absolute atomic E-state index is 0.0187.